The smallest absolute Gasteiger partial charge is 0.0522 e. The second-order valence-electron chi connectivity index (χ2n) is 6.79. The monoisotopic (exact) mass is 276 g/mol. The highest BCUT2D eigenvalue weighted by molar-refractivity contribution is 5.06. The lowest BCUT2D eigenvalue weighted by Crippen LogP contribution is -2.64. The Bertz CT molecular complexity index is 433. The van der Waals surface area contributed by atoms with Crippen molar-refractivity contribution in [3.8, 4) is 0 Å². The zero-order chi connectivity index (χ0) is 14.0. The average Bonchev–Trinajstić information content (AvgIpc) is 2.87. The van der Waals surface area contributed by atoms with E-state index in [2.05, 4.69) is 28.4 Å². The quantitative estimate of drug-likeness (QED) is 0.916. The van der Waals surface area contributed by atoms with Gasteiger partial charge in [-0.15, -0.1) is 0 Å². The van der Waals surface area contributed by atoms with Crippen LogP contribution in [0.1, 0.15) is 44.6 Å². The number of nitrogens with one attached hydrogen (secondary N) is 1. The fraction of sp³-hybridized carbons (Fsp3) is 0.812. The summed E-state index contributed by atoms with van der Waals surface area (Å²) in [6.45, 7) is 5.87. The highest BCUT2D eigenvalue weighted by atomic mass is 15.3. The Balaban J connectivity index is 1.66. The van der Waals surface area contributed by atoms with E-state index < -0.39 is 0 Å². The number of aromatic nitrogens is 2. The van der Waals surface area contributed by atoms with E-state index in [-0.39, 0.29) is 0 Å². The molecule has 1 aliphatic heterocycles. The molecule has 1 saturated carbocycles. The number of nitrogens with zero attached hydrogens (tertiary/aromatic N) is 3. The van der Waals surface area contributed by atoms with Crippen molar-refractivity contribution >= 4 is 0 Å². The number of piperazine rings is 1. The summed E-state index contributed by atoms with van der Waals surface area (Å²) < 4.78 is 1.91. The van der Waals surface area contributed by atoms with Crippen molar-refractivity contribution in [3.63, 3.8) is 0 Å². The molecule has 0 radical (unpaired) electrons. The molecule has 112 valence electrons. The van der Waals surface area contributed by atoms with Gasteiger partial charge in [-0.3, -0.25) is 9.58 Å². The van der Waals surface area contributed by atoms with E-state index in [4.69, 9.17) is 0 Å². The van der Waals surface area contributed by atoms with E-state index >= 15 is 0 Å². The minimum absolute atomic E-state index is 0.437. The van der Waals surface area contributed by atoms with Gasteiger partial charge in [0.05, 0.1) is 6.20 Å². The molecule has 1 spiro atoms. The molecule has 1 aromatic rings. The Labute approximate surface area is 122 Å². The Hall–Kier alpha value is -0.870. The molecular weight excluding hydrogens is 248 g/mol. The SMILES string of the molecule is CC1CN(CCc2cnn(C)c2)C2(CCCCC2)CN1. The average molecular weight is 276 g/mol. The predicted molar refractivity (Wildman–Crippen MR) is 81.8 cm³/mol. The van der Waals surface area contributed by atoms with Gasteiger partial charge in [0.1, 0.15) is 0 Å². The van der Waals surface area contributed by atoms with Crippen LogP contribution in [0.15, 0.2) is 12.4 Å². The van der Waals surface area contributed by atoms with Crippen LogP contribution in [0, 0.1) is 0 Å². The van der Waals surface area contributed by atoms with E-state index in [0.29, 0.717) is 11.6 Å². The fourth-order valence-corrected chi connectivity index (χ4v) is 3.96. The minimum Gasteiger partial charge on any atom is -0.311 e. The van der Waals surface area contributed by atoms with Crippen molar-refractivity contribution in [2.75, 3.05) is 19.6 Å². The number of aryl methyl sites for hydroxylation is 1. The first-order chi connectivity index (χ1) is 9.68. The van der Waals surface area contributed by atoms with Gasteiger partial charge in [0, 0.05) is 44.5 Å². The molecule has 1 aromatic heterocycles. The standard InChI is InChI=1S/C16H28N4/c1-14-11-20(9-6-15-10-18-19(2)12-15)16(13-17-14)7-4-3-5-8-16/h10,12,14,17H,3-9,11,13H2,1-2H3. The van der Waals surface area contributed by atoms with E-state index in [9.17, 15) is 0 Å². The predicted octanol–water partition coefficient (Wildman–Crippen LogP) is 1.96. The zero-order valence-electron chi connectivity index (χ0n) is 12.9. The van der Waals surface area contributed by atoms with Crippen LogP contribution in [-0.2, 0) is 13.5 Å². The molecule has 1 aliphatic carbocycles. The molecule has 3 rings (SSSR count). The summed E-state index contributed by atoms with van der Waals surface area (Å²) in [5.74, 6) is 0. The molecule has 1 saturated heterocycles. The lowest BCUT2D eigenvalue weighted by molar-refractivity contribution is 0.0137. The topological polar surface area (TPSA) is 33.1 Å². The molecular formula is C16H28N4. The molecule has 1 unspecified atom stereocenters. The minimum atomic E-state index is 0.437. The van der Waals surface area contributed by atoms with Gasteiger partial charge in [0.25, 0.3) is 0 Å². The first-order valence-corrected chi connectivity index (χ1v) is 8.14. The van der Waals surface area contributed by atoms with Crippen molar-refractivity contribution in [1.29, 1.82) is 0 Å². The van der Waals surface area contributed by atoms with Gasteiger partial charge in [-0.25, -0.2) is 0 Å². The van der Waals surface area contributed by atoms with Crippen molar-refractivity contribution in [2.45, 2.75) is 57.0 Å². The zero-order valence-corrected chi connectivity index (χ0v) is 12.9. The van der Waals surface area contributed by atoms with Crippen LogP contribution in [0.3, 0.4) is 0 Å². The van der Waals surface area contributed by atoms with Crippen LogP contribution in [0.25, 0.3) is 0 Å². The first kappa shape index (κ1) is 14.1. The van der Waals surface area contributed by atoms with Crippen LogP contribution in [0.5, 0.6) is 0 Å². The van der Waals surface area contributed by atoms with Gasteiger partial charge in [-0.2, -0.15) is 5.10 Å². The van der Waals surface area contributed by atoms with Crippen LogP contribution in [0.4, 0.5) is 0 Å². The maximum atomic E-state index is 4.29. The van der Waals surface area contributed by atoms with Crippen molar-refractivity contribution < 1.29 is 0 Å². The summed E-state index contributed by atoms with van der Waals surface area (Å²) in [7, 11) is 2.00. The summed E-state index contributed by atoms with van der Waals surface area (Å²) in [6, 6.07) is 0.622. The van der Waals surface area contributed by atoms with Crippen LogP contribution in [0.2, 0.25) is 0 Å². The van der Waals surface area contributed by atoms with Gasteiger partial charge < -0.3 is 5.32 Å². The third kappa shape index (κ3) is 2.91. The summed E-state index contributed by atoms with van der Waals surface area (Å²) in [6.07, 6.45) is 12.3. The molecule has 0 aromatic carbocycles. The van der Waals surface area contributed by atoms with Crippen LogP contribution >= 0.6 is 0 Å². The third-order valence-corrected chi connectivity index (χ3v) is 5.16. The van der Waals surface area contributed by atoms with E-state index in [1.54, 1.807) is 0 Å². The molecule has 1 N–H and O–H groups in total. The lowest BCUT2D eigenvalue weighted by Gasteiger charge is -2.51. The van der Waals surface area contributed by atoms with E-state index in [1.165, 1.54) is 57.3 Å². The van der Waals surface area contributed by atoms with Gasteiger partial charge in [-0.1, -0.05) is 19.3 Å². The Morgan fingerprint density at radius 2 is 2.15 bits per heavy atom. The molecule has 4 heteroatoms. The van der Waals surface area contributed by atoms with Gasteiger partial charge in [0.2, 0.25) is 0 Å². The fourth-order valence-electron chi connectivity index (χ4n) is 3.96. The highest BCUT2D eigenvalue weighted by Gasteiger charge is 2.40. The van der Waals surface area contributed by atoms with Crippen LogP contribution < -0.4 is 5.32 Å². The highest BCUT2D eigenvalue weighted by Crippen LogP contribution is 2.35. The molecule has 2 heterocycles. The maximum Gasteiger partial charge on any atom is 0.0522 e. The normalized spacial score (nSPS) is 27.0. The Kier molecular flexibility index (Phi) is 4.13. The van der Waals surface area contributed by atoms with Gasteiger partial charge in [-0.05, 0) is 31.7 Å². The Morgan fingerprint density at radius 1 is 1.35 bits per heavy atom. The van der Waals surface area contributed by atoms with Crippen molar-refractivity contribution in [2.24, 2.45) is 7.05 Å². The number of hydrogen-bond acceptors (Lipinski definition) is 3. The maximum absolute atomic E-state index is 4.29. The van der Waals surface area contributed by atoms with Gasteiger partial charge in [0.15, 0.2) is 0 Å². The van der Waals surface area contributed by atoms with E-state index in [0.717, 1.165) is 6.42 Å². The summed E-state index contributed by atoms with van der Waals surface area (Å²) in [4.78, 5) is 2.78. The summed E-state index contributed by atoms with van der Waals surface area (Å²) in [5.41, 5.74) is 1.80. The molecule has 20 heavy (non-hydrogen) atoms. The molecule has 0 amide bonds. The number of hydrogen-bond donors (Lipinski definition) is 1. The second kappa shape index (κ2) is 5.86. The molecule has 2 fully saturated rings. The number of rotatable bonds is 3. The first-order valence-electron chi connectivity index (χ1n) is 8.14. The summed E-state index contributed by atoms with van der Waals surface area (Å²) >= 11 is 0. The lowest BCUT2D eigenvalue weighted by atomic mass is 9.78. The third-order valence-electron chi connectivity index (χ3n) is 5.16. The van der Waals surface area contributed by atoms with Crippen molar-refractivity contribution in [3.05, 3.63) is 18.0 Å². The molecule has 2 aliphatic rings. The Morgan fingerprint density at radius 3 is 2.85 bits per heavy atom. The van der Waals surface area contributed by atoms with Gasteiger partial charge >= 0.3 is 0 Å². The largest absolute Gasteiger partial charge is 0.311 e. The molecule has 4 nitrogen and oxygen atoms in total. The van der Waals surface area contributed by atoms with Crippen LogP contribution in [-0.4, -0.2) is 45.9 Å². The van der Waals surface area contributed by atoms with Crippen molar-refractivity contribution in [1.82, 2.24) is 20.0 Å². The second-order valence-corrected chi connectivity index (χ2v) is 6.79. The molecule has 0 bridgehead atoms. The molecule has 1 atom stereocenters. The van der Waals surface area contributed by atoms with E-state index in [1.807, 2.05) is 17.9 Å². The summed E-state index contributed by atoms with van der Waals surface area (Å²) in [5, 5.41) is 8.00.